The third-order valence-electron chi connectivity index (χ3n) is 3.40. The second-order valence-electron chi connectivity index (χ2n) is 4.97. The van der Waals surface area contributed by atoms with Crippen LogP contribution in [0.4, 0.5) is 0 Å². The van der Waals surface area contributed by atoms with Gasteiger partial charge in [-0.05, 0) is 43.0 Å². The van der Waals surface area contributed by atoms with Crippen LogP contribution in [0.2, 0.25) is 5.02 Å². The van der Waals surface area contributed by atoms with E-state index in [9.17, 15) is 0 Å². The number of aromatic nitrogens is 3. The van der Waals surface area contributed by atoms with E-state index in [0.717, 1.165) is 28.0 Å². The molecule has 3 aromatic rings. The number of aryl methyl sites for hydroxylation is 1. The minimum absolute atomic E-state index is 0.338. The van der Waals surface area contributed by atoms with E-state index in [1.807, 2.05) is 66.3 Å². The number of ether oxygens (including phenoxy) is 1. The largest absolute Gasteiger partial charge is 0.485 e. The molecule has 0 fully saturated rings. The van der Waals surface area contributed by atoms with Crippen LogP contribution in [0.25, 0.3) is 5.69 Å². The quantitative estimate of drug-likeness (QED) is 0.637. The third-order valence-corrected chi connectivity index (χ3v) is 4.26. The summed E-state index contributed by atoms with van der Waals surface area (Å²) in [6, 6.07) is 15.5. The highest BCUT2D eigenvalue weighted by Gasteiger charge is 2.14. The summed E-state index contributed by atoms with van der Waals surface area (Å²) in [6.45, 7) is 2.36. The van der Waals surface area contributed by atoms with Crippen molar-refractivity contribution in [3.63, 3.8) is 0 Å². The second-order valence-corrected chi connectivity index (χ2v) is 6.18. The molecule has 0 saturated heterocycles. The predicted octanol–water partition coefficient (Wildman–Crippen LogP) is 4.53. The zero-order valence-corrected chi connectivity index (χ0v) is 14.4. The van der Waals surface area contributed by atoms with Gasteiger partial charge in [0.05, 0.1) is 5.69 Å². The molecule has 0 N–H and O–H groups in total. The molecule has 0 atom stereocenters. The number of hydrogen-bond acceptors (Lipinski definition) is 4. The number of para-hydroxylation sites is 1. The van der Waals surface area contributed by atoms with Crippen LogP contribution < -0.4 is 4.74 Å². The monoisotopic (exact) mass is 345 g/mol. The van der Waals surface area contributed by atoms with E-state index in [-0.39, 0.29) is 0 Å². The average Bonchev–Trinajstić information content (AvgIpc) is 2.97. The fraction of sp³-hybridized carbons (Fsp3) is 0.176. The Kier molecular flexibility index (Phi) is 4.88. The molecular weight excluding hydrogens is 330 g/mol. The lowest BCUT2D eigenvalue weighted by Gasteiger charge is -2.11. The van der Waals surface area contributed by atoms with Crippen molar-refractivity contribution in [2.75, 3.05) is 6.26 Å². The fourth-order valence-electron chi connectivity index (χ4n) is 2.26. The van der Waals surface area contributed by atoms with Gasteiger partial charge in [0.25, 0.3) is 0 Å². The molecule has 23 heavy (non-hydrogen) atoms. The summed E-state index contributed by atoms with van der Waals surface area (Å²) in [7, 11) is 0. The fourth-order valence-corrected chi connectivity index (χ4v) is 2.96. The number of thioether (sulfide) groups is 1. The van der Waals surface area contributed by atoms with E-state index in [1.54, 1.807) is 0 Å². The maximum absolute atomic E-state index is 6.11. The Labute approximate surface area is 144 Å². The molecular formula is C17H16ClN3OS. The molecule has 0 aliphatic carbocycles. The summed E-state index contributed by atoms with van der Waals surface area (Å²) in [4.78, 5) is 0. The lowest BCUT2D eigenvalue weighted by Crippen LogP contribution is -2.07. The average molecular weight is 346 g/mol. The van der Waals surface area contributed by atoms with Crippen molar-refractivity contribution in [3.8, 4) is 11.4 Å². The van der Waals surface area contributed by atoms with Crippen LogP contribution in [0.3, 0.4) is 0 Å². The van der Waals surface area contributed by atoms with Gasteiger partial charge in [-0.3, -0.25) is 4.57 Å². The molecule has 6 heteroatoms. The summed E-state index contributed by atoms with van der Waals surface area (Å²) in [5.41, 5.74) is 2.02. The highest BCUT2D eigenvalue weighted by molar-refractivity contribution is 7.98. The van der Waals surface area contributed by atoms with Crippen molar-refractivity contribution >= 4 is 23.4 Å². The van der Waals surface area contributed by atoms with Crippen molar-refractivity contribution in [1.29, 1.82) is 0 Å². The number of rotatable bonds is 5. The zero-order chi connectivity index (χ0) is 16.2. The molecule has 0 aliphatic heterocycles. The number of nitrogens with zero attached hydrogens (tertiary/aromatic N) is 3. The Morgan fingerprint density at radius 2 is 1.96 bits per heavy atom. The van der Waals surface area contributed by atoms with Crippen LogP contribution in [-0.2, 0) is 6.61 Å². The summed E-state index contributed by atoms with van der Waals surface area (Å²) >= 11 is 7.64. The Hall–Kier alpha value is -1.98. The predicted molar refractivity (Wildman–Crippen MR) is 93.7 cm³/mol. The van der Waals surface area contributed by atoms with Crippen LogP contribution >= 0.6 is 23.4 Å². The third kappa shape index (κ3) is 3.51. The Morgan fingerprint density at radius 3 is 2.70 bits per heavy atom. The van der Waals surface area contributed by atoms with Crippen LogP contribution in [0.5, 0.6) is 5.75 Å². The maximum Gasteiger partial charge on any atom is 0.195 e. The van der Waals surface area contributed by atoms with Gasteiger partial charge in [-0.2, -0.15) is 0 Å². The summed E-state index contributed by atoms with van der Waals surface area (Å²) in [5, 5.41) is 9.97. The van der Waals surface area contributed by atoms with Gasteiger partial charge in [-0.25, -0.2) is 0 Å². The van der Waals surface area contributed by atoms with Gasteiger partial charge >= 0.3 is 0 Å². The van der Waals surface area contributed by atoms with E-state index in [1.165, 1.54) is 11.8 Å². The van der Waals surface area contributed by atoms with Gasteiger partial charge in [0.2, 0.25) is 0 Å². The van der Waals surface area contributed by atoms with Crippen molar-refractivity contribution in [2.24, 2.45) is 0 Å². The normalized spacial score (nSPS) is 10.7. The first-order chi connectivity index (χ1) is 11.2. The standard InChI is InChI=1S/C17H16ClN3OS/c1-12-6-3-4-9-15(12)22-11-16-19-20-17(23-2)21(16)14-8-5-7-13(18)10-14/h3-10H,11H2,1-2H3. The lowest BCUT2D eigenvalue weighted by atomic mass is 10.2. The molecule has 0 radical (unpaired) electrons. The first-order valence-corrected chi connectivity index (χ1v) is 8.72. The van der Waals surface area contributed by atoms with Gasteiger partial charge in [0.1, 0.15) is 12.4 Å². The highest BCUT2D eigenvalue weighted by Crippen LogP contribution is 2.24. The molecule has 2 aromatic carbocycles. The molecule has 1 aromatic heterocycles. The van der Waals surface area contributed by atoms with Gasteiger partial charge < -0.3 is 4.74 Å². The zero-order valence-electron chi connectivity index (χ0n) is 12.9. The van der Waals surface area contributed by atoms with Crippen molar-refractivity contribution in [3.05, 3.63) is 64.9 Å². The van der Waals surface area contributed by atoms with Crippen LogP contribution in [0, 0.1) is 6.92 Å². The van der Waals surface area contributed by atoms with E-state index in [0.29, 0.717) is 11.6 Å². The number of halogens is 1. The molecule has 4 nitrogen and oxygen atoms in total. The molecule has 0 unspecified atom stereocenters. The van der Waals surface area contributed by atoms with Crippen molar-refractivity contribution in [1.82, 2.24) is 14.8 Å². The molecule has 0 saturated carbocycles. The van der Waals surface area contributed by atoms with Gasteiger partial charge in [-0.15, -0.1) is 10.2 Å². The second kappa shape index (κ2) is 7.06. The Morgan fingerprint density at radius 1 is 1.13 bits per heavy atom. The van der Waals surface area contributed by atoms with Crippen LogP contribution in [0.1, 0.15) is 11.4 Å². The molecule has 0 spiro atoms. The van der Waals surface area contributed by atoms with Crippen LogP contribution in [0.15, 0.2) is 53.7 Å². The number of hydrogen-bond donors (Lipinski definition) is 0. The molecule has 1 heterocycles. The first kappa shape index (κ1) is 15.9. The first-order valence-electron chi connectivity index (χ1n) is 7.11. The van der Waals surface area contributed by atoms with E-state index >= 15 is 0 Å². The molecule has 0 amide bonds. The molecule has 3 rings (SSSR count). The Bertz CT molecular complexity index is 819. The smallest absolute Gasteiger partial charge is 0.195 e. The van der Waals surface area contributed by atoms with Gasteiger partial charge in [0.15, 0.2) is 11.0 Å². The summed E-state index contributed by atoms with van der Waals surface area (Å²) in [5.74, 6) is 1.58. The number of benzene rings is 2. The minimum Gasteiger partial charge on any atom is -0.485 e. The van der Waals surface area contributed by atoms with E-state index < -0.39 is 0 Å². The lowest BCUT2D eigenvalue weighted by molar-refractivity contribution is 0.291. The van der Waals surface area contributed by atoms with Crippen molar-refractivity contribution in [2.45, 2.75) is 18.7 Å². The summed E-state index contributed by atoms with van der Waals surface area (Å²) < 4.78 is 7.87. The van der Waals surface area contributed by atoms with Crippen LogP contribution in [-0.4, -0.2) is 21.0 Å². The molecule has 0 bridgehead atoms. The maximum atomic E-state index is 6.11. The minimum atomic E-state index is 0.338. The van der Waals surface area contributed by atoms with E-state index in [2.05, 4.69) is 10.2 Å². The molecule has 118 valence electrons. The SMILES string of the molecule is CSc1nnc(COc2ccccc2C)n1-c1cccc(Cl)c1. The van der Waals surface area contributed by atoms with Crippen molar-refractivity contribution < 1.29 is 4.74 Å². The van der Waals surface area contributed by atoms with Gasteiger partial charge in [0, 0.05) is 5.02 Å². The van der Waals surface area contributed by atoms with E-state index in [4.69, 9.17) is 16.3 Å². The van der Waals surface area contributed by atoms with Gasteiger partial charge in [-0.1, -0.05) is 47.6 Å². The highest BCUT2D eigenvalue weighted by atomic mass is 35.5. The molecule has 0 aliphatic rings. The summed E-state index contributed by atoms with van der Waals surface area (Å²) in [6.07, 6.45) is 1.97. The Balaban J connectivity index is 1.91. The topological polar surface area (TPSA) is 39.9 Å².